The Morgan fingerprint density at radius 2 is 2.29 bits per heavy atom. The van der Waals surface area contributed by atoms with Crippen LogP contribution in [-0.4, -0.2) is 44.0 Å². The van der Waals surface area contributed by atoms with E-state index in [1.165, 1.54) is 0 Å². The molecule has 2 N–H and O–H groups in total. The number of amides is 2. The van der Waals surface area contributed by atoms with Crippen LogP contribution in [0, 0.1) is 0 Å². The number of carbonyl (C=O) groups excluding carboxylic acids is 1. The van der Waals surface area contributed by atoms with Gasteiger partial charge in [-0.3, -0.25) is 10.00 Å². The van der Waals surface area contributed by atoms with Crippen LogP contribution in [0.1, 0.15) is 45.7 Å². The van der Waals surface area contributed by atoms with Crippen molar-refractivity contribution in [2.75, 3.05) is 11.9 Å². The van der Waals surface area contributed by atoms with Crippen LogP contribution in [0.3, 0.4) is 0 Å². The molecule has 1 aliphatic rings. The number of nitrogens with zero attached hydrogens (tertiary/aromatic N) is 3. The van der Waals surface area contributed by atoms with E-state index in [2.05, 4.69) is 17.3 Å². The van der Waals surface area contributed by atoms with Crippen LogP contribution >= 0.6 is 0 Å². The summed E-state index contributed by atoms with van der Waals surface area (Å²) in [7, 11) is 1.83. The van der Waals surface area contributed by atoms with Crippen molar-refractivity contribution >= 4 is 11.8 Å². The Balaban J connectivity index is 2.07. The molecular weight excluding hydrogens is 268 g/mol. The smallest absolute Gasteiger partial charge is 0.323 e. The van der Waals surface area contributed by atoms with Gasteiger partial charge in [0.05, 0.1) is 17.3 Å². The molecule has 6 nitrogen and oxygen atoms in total. The number of aromatic nitrogens is 2. The number of nitrogens with one attached hydrogen (secondary N) is 1. The van der Waals surface area contributed by atoms with E-state index in [-0.39, 0.29) is 12.1 Å². The maximum Gasteiger partial charge on any atom is 0.323 e. The summed E-state index contributed by atoms with van der Waals surface area (Å²) in [5, 5.41) is 17.5. The molecule has 1 aliphatic heterocycles. The van der Waals surface area contributed by atoms with Gasteiger partial charge in [0.1, 0.15) is 5.82 Å². The Labute approximate surface area is 126 Å². The average Bonchev–Trinajstić information content (AvgIpc) is 2.97. The molecule has 0 aromatic carbocycles. The lowest BCUT2D eigenvalue weighted by Gasteiger charge is -2.33. The van der Waals surface area contributed by atoms with Gasteiger partial charge in [0.25, 0.3) is 0 Å². The van der Waals surface area contributed by atoms with Gasteiger partial charge in [-0.1, -0.05) is 13.3 Å². The quantitative estimate of drug-likeness (QED) is 0.894. The Bertz CT molecular complexity index is 504. The molecule has 1 fully saturated rings. The van der Waals surface area contributed by atoms with Gasteiger partial charge >= 0.3 is 6.03 Å². The number of carbonyl (C=O) groups is 1. The minimum Gasteiger partial charge on any atom is -0.388 e. The molecule has 1 unspecified atom stereocenters. The van der Waals surface area contributed by atoms with E-state index >= 15 is 0 Å². The lowest BCUT2D eigenvalue weighted by molar-refractivity contribution is 0.0117. The summed E-state index contributed by atoms with van der Waals surface area (Å²) in [5.74, 6) is 0.699. The highest BCUT2D eigenvalue weighted by Crippen LogP contribution is 2.27. The van der Waals surface area contributed by atoms with Crippen molar-refractivity contribution < 1.29 is 9.90 Å². The first-order chi connectivity index (χ1) is 9.82. The van der Waals surface area contributed by atoms with Crippen LogP contribution in [0.25, 0.3) is 0 Å². The van der Waals surface area contributed by atoms with Crippen molar-refractivity contribution in [2.45, 2.75) is 58.1 Å². The number of aliphatic hydroxyl groups is 1. The predicted octanol–water partition coefficient (Wildman–Crippen LogP) is 2.14. The molecule has 0 saturated carbocycles. The van der Waals surface area contributed by atoms with Crippen molar-refractivity contribution in [3.05, 3.63) is 11.8 Å². The highest BCUT2D eigenvalue weighted by Gasteiger charge is 2.38. The van der Waals surface area contributed by atoms with E-state index in [9.17, 15) is 9.90 Å². The van der Waals surface area contributed by atoms with Crippen molar-refractivity contribution in [3.8, 4) is 0 Å². The summed E-state index contributed by atoms with van der Waals surface area (Å²) in [5.41, 5.74) is 0.101. The fourth-order valence-corrected chi connectivity index (χ4v) is 2.95. The number of likely N-dealkylation sites (tertiary alicyclic amines) is 1. The second-order valence-corrected chi connectivity index (χ2v) is 6.33. The maximum atomic E-state index is 12.5. The normalized spacial score (nSPS) is 19.1. The topological polar surface area (TPSA) is 70.4 Å². The SMILES string of the molecule is CCCc1cc(NC(=O)N2CCCC2C(C)(C)O)n(C)n1. The van der Waals surface area contributed by atoms with Gasteiger partial charge in [0.15, 0.2) is 0 Å². The summed E-state index contributed by atoms with van der Waals surface area (Å²) in [6, 6.07) is 1.61. The van der Waals surface area contributed by atoms with Gasteiger partial charge in [-0.2, -0.15) is 5.10 Å². The molecule has 2 heterocycles. The van der Waals surface area contributed by atoms with Gasteiger partial charge in [0, 0.05) is 19.7 Å². The standard InChI is InChI=1S/C15H26N4O2/c1-5-7-11-10-13(18(4)17-11)16-14(20)19-9-6-8-12(19)15(2,3)21/h10,12,21H,5-9H2,1-4H3,(H,16,20). The molecule has 2 amide bonds. The fraction of sp³-hybridized carbons (Fsp3) is 0.733. The van der Waals surface area contributed by atoms with Gasteiger partial charge in [-0.25, -0.2) is 4.79 Å². The van der Waals surface area contributed by atoms with E-state index in [1.807, 2.05) is 13.1 Å². The minimum absolute atomic E-state index is 0.138. The fourth-order valence-electron chi connectivity index (χ4n) is 2.95. The molecule has 0 aliphatic carbocycles. The van der Waals surface area contributed by atoms with Crippen LogP contribution in [0.5, 0.6) is 0 Å². The summed E-state index contributed by atoms with van der Waals surface area (Å²) >= 11 is 0. The lowest BCUT2D eigenvalue weighted by Crippen LogP contribution is -2.49. The molecule has 0 bridgehead atoms. The lowest BCUT2D eigenvalue weighted by atomic mass is 9.97. The van der Waals surface area contributed by atoms with Gasteiger partial charge < -0.3 is 10.0 Å². The van der Waals surface area contributed by atoms with Gasteiger partial charge in [-0.15, -0.1) is 0 Å². The monoisotopic (exact) mass is 294 g/mol. The molecule has 0 radical (unpaired) electrons. The zero-order valence-corrected chi connectivity index (χ0v) is 13.4. The second-order valence-electron chi connectivity index (χ2n) is 6.33. The summed E-state index contributed by atoms with van der Waals surface area (Å²) in [6.45, 7) is 6.30. The largest absolute Gasteiger partial charge is 0.388 e. The molecule has 21 heavy (non-hydrogen) atoms. The Hall–Kier alpha value is -1.56. The summed E-state index contributed by atoms with van der Waals surface area (Å²) < 4.78 is 1.69. The number of hydrogen-bond acceptors (Lipinski definition) is 3. The first kappa shape index (κ1) is 15.8. The molecular formula is C15H26N4O2. The van der Waals surface area contributed by atoms with E-state index in [1.54, 1.807) is 23.4 Å². The van der Waals surface area contributed by atoms with Crippen LogP contribution < -0.4 is 5.32 Å². The van der Waals surface area contributed by atoms with Crippen LogP contribution in [0.4, 0.5) is 10.6 Å². The van der Waals surface area contributed by atoms with Crippen molar-refractivity contribution in [1.82, 2.24) is 14.7 Å². The zero-order chi connectivity index (χ0) is 15.6. The van der Waals surface area contributed by atoms with E-state index in [0.717, 1.165) is 31.4 Å². The molecule has 1 saturated heterocycles. The Kier molecular flexibility index (Phi) is 4.56. The zero-order valence-electron chi connectivity index (χ0n) is 13.4. The number of rotatable bonds is 4. The first-order valence-corrected chi connectivity index (χ1v) is 7.66. The number of urea groups is 1. The third-order valence-electron chi connectivity index (χ3n) is 4.00. The van der Waals surface area contributed by atoms with Gasteiger partial charge in [0.2, 0.25) is 0 Å². The predicted molar refractivity (Wildman–Crippen MR) is 82.2 cm³/mol. The van der Waals surface area contributed by atoms with E-state index < -0.39 is 5.60 Å². The second kappa shape index (κ2) is 6.05. The van der Waals surface area contributed by atoms with Crippen LogP contribution in [0.15, 0.2) is 6.07 Å². The van der Waals surface area contributed by atoms with E-state index in [4.69, 9.17) is 0 Å². The number of anilines is 1. The number of aryl methyl sites for hydroxylation is 2. The van der Waals surface area contributed by atoms with Crippen molar-refractivity contribution in [3.63, 3.8) is 0 Å². The third-order valence-corrected chi connectivity index (χ3v) is 4.00. The first-order valence-electron chi connectivity index (χ1n) is 7.66. The highest BCUT2D eigenvalue weighted by atomic mass is 16.3. The maximum absolute atomic E-state index is 12.5. The third kappa shape index (κ3) is 3.56. The molecule has 1 atom stereocenters. The molecule has 0 spiro atoms. The molecule has 118 valence electrons. The Morgan fingerprint density at radius 1 is 1.57 bits per heavy atom. The molecule has 6 heteroatoms. The van der Waals surface area contributed by atoms with Crippen LogP contribution in [-0.2, 0) is 13.5 Å². The Morgan fingerprint density at radius 3 is 2.90 bits per heavy atom. The molecule has 1 aromatic heterocycles. The van der Waals surface area contributed by atoms with Crippen molar-refractivity contribution in [1.29, 1.82) is 0 Å². The molecule has 2 rings (SSSR count). The summed E-state index contributed by atoms with van der Waals surface area (Å²) in [4.78, 5) is 14.2. The average molecular weight is 294 g/mol. The minimum atomic E-state index is -0.881. The van der Waals surface area contributed by atoms with Crippen LogP contribution in [0.2, 0.25) is 0 Å². The number of hydrogen-bond donors (Lipinski definition) is 2. The van der Waals surface area contributed by atoms with Crippen molar-refractivity contribution in [2.24, 2.45) is 7.05 Å². The highest BCUT2D eigenvalue weighted by molar-refractivity contribution is 5.89. The summed E-state index contributed by atoms with van der Waals surface area (Å²) in [6.07, 6.45) is 3.69. The molecule has 1 aromatic rings. The van der Waals surface area contributed by atoms with Gasteiger partial charge in [-0.05, 0) is 33.1 Å². The van der Waals surface area contributed by atoms with E-state index in [0.29, 0.717) is 12.4 Å².